The summed E-state index contributed by atoms with van der Waals surface area (Å²) in [6.07, 6.45) is 0. The van der Waals surface area contributed by atoms with Crippen LogP contribution in [0.15, 0.2) is 0 Å². The van der Waals surface area contributed by atoms with Crippen molar-refractivity contribution in [2.45, 2.75) is 26.3 Å². The molecule has 4 nitrogen and oxygen atoms in total. The summed E-state index contributed by atoms with van der Waals surface area (Å²) in [5.41, 5.74) is 0.114. The molecule has 0 aromatic carbocycles. The highest BCUT2D eigenvalue weighted by molar-refractivity contribution is 5.74. The second kappa shape index (κ2) is 3.18. The van der Waals surface area contributed by atoms with Crippen LogP contribution in [0.2, 0.25) is 0 Å². The van der Waals surface area contributed by atoms with Gasteiger partial charge in [0, 0.05) is 19.6 Å². The van der Waals surface area contributed by atoms with Crippen LogP contribution in [0.5, 0.6) is 0 Å². The summed E-state index contributed by atoms with van der Waals surface area (Å²) in [6.45, 7) is 7.90. The van der Waals surface area contributed by atoms with Crippen molar-refractivity contribution in [3.05, 3.63) is 0 Å². The van der Waals surface area contributed by atoms with Gasteiger partial charge in [0.25, 0.3) is 0 Å². The fraction of sp³-hybridized carbons (Fsp3) is 0.889. The van der Waals surface area contributed by atoms with E-state index in [9.17, 15) is 4.79 Å². The molecule has 0 bridgehead atoms. The Morgan fingerprint density at radius 1 is 1.08 bits per heavy atom. The molecule has 1 aliphatic rings. The fourth-order valence-electron chi connectivity index (χ4n) is 1.39. The predicted molar refractivity (Wildman–Crippen MR) is 52.2 cm³/mol. The van der Waals surface area contributed by atoms with Gasteiger partial charge in [-0.2, -0.15) is 0 Å². The highest BCUT2D eigenvalue weighted by Gasteiger charge is 2.31. The third-order valence-electron chi connectivity index (χ3n) is 2.37. The lowest BCUT2D eigenvalue weighted by molar-refractivity contribution is 0.00174. The molecule has 0 radical (unpaired) electrons. The smallest absolute Gasteiger partial charge is 0.315 e. The van der Waals surface area contributed by atoms with Gasteiger partial charge in [0.1, 0.15) is 0 Å². The van der Waals surface area contributed by atoms with E-state index in [0.717, 1.165) is 0 Å². The number of hydrogen-bond acceptors (Lipinski definition) is 2. The molecule has 4 heteroatoms. The summed E-state index contributed by atoms with van der Waals surface area (Å²) < 4.78 is 0. The Balaban J connectivity index is 2.69. The van der Waals surface area contributed by atoms with Gasteiger partial charge < -0.3 is 9.80 Å². The van der Waals surface area contributed by atoms with E-state index in [1.165, 1.54) is 0 Å². The highest BCUT2D eigenvalue weighted by atomic mass is 16.2. The second-order valence-electron chi connectivity index (χ2n) is 4.67. The van der Waals surface area contributed by atoms with Crippen LogP contribution in [0, 0.1) is 0 Å². The maximum atomic E-state index is 11.4. The van der Waals surface area contributed by atoms with E-state index in [1.54, 1.807) is 9.80 Å². The third-order valence-corrected chi connectivity index (χ3v) is 2.37. The average molecular weight is 185 g/mol. The minimum Gasteiger partial charge on any atom is -0.315 e. The van der Waals surface area contributed by atoms with Crippen LogP contribution in [0.1, 0.15) is 20.8 Å². The number of carbonyl (C=O) groups excluding carboxylic acids is 1. The highest BCUT2D eigenvalue weighted by Crippen LogP contribution is 2.17. The Hall–Kier alpha value is -0.770. The number of carbonyl (C=O) groups is 1. The topological polar surface area (TPSA) is 26.8 Å². The first-order chi connectivity index (χ1) is 5.82. The minimum atomic E-state index is 0.0977. The van der Waals surface area contributed by atoms with E-state index in [1.807, 2.05) is 14.1 Å². The molecule has 0 aromatic heterocycles. The first-order valence-corrected chi connectivity index (χ1v) is 4.53. The maximum absolute atomic E-state index is 11.4. The monoisotopic (exact) mass is 185 g/mol. The molecule has 0 atom stereocenters. The zero-order valence-electron chi connectivity index (χ0n) is 9.16. The number of hydrogen-bond donors (Lipinski definition) is 0. The van der Waals surface area contributed by atoms with E-state index in [4.69, 9.17) is 0 Å². The molecule has 2 amide bonds. The Kier molecular flexibility index (Phi) is 2.52. The van der Waals surface area contributed by atoms with E-state index in [-0.39, 0.29) is 11.6 Å². The Bertz CT molecular complexity index is 195. The number of nitrogens with zero attached hydrogens (tertiary/aromatic N) is 3. The summed E-state index contributed by atoms with van der Waals surface area (Å²) in [7, 11) is 3.66. The van der Waals surface area contributed by atoms with Gasteiger partial charge in [0.2, 0.25) is 0 Å². The molecule has 1 aliphatic heterocycles. The molecule has 0 unspecified atom stereocenters. The lowest BCUT2D eigenvalue weighted by Gasteiger charge is -2.45. The molecule has 1 heterocycles. The Morgan fingerprint density at radius 2 is 1.46 bits per heavy atom. The van der Waals surface area contributed by atoms with Crippen LogP contribution in [-0.2, 0) is 0 Å². The van der Waals surface area contributed by atoms with E-state index in [0.29, 0.717) is 13.3 Å². The van der Waals surface area contributed by atoms with Gasteiger partial charge in [-0.15, -0.1) is 0 Å². The Labute approximate surface area is 80.1 Å². The fourth-order valence-corrected chi connectivity index (χ4v) is 1.39. The molecular formula is C9H19N3O. The first-order valence-electron chi connectivity index (χ1n) is 4.53. The molecule has 0 spiro atoms. The second-order valence-corrected chi connectivity index (χ2v) is 4.67. The van der Waals surface area contributed by atoms with Crippen molar-refractivity contribution in [1.29, 1.82) is 0 Å². The molecule has 1 fully saturated rings. The molecule has 0 N–H and O–H groups in total. The molecular weight excluding hydrogens is 166 g/mol. The molecule has 0 aliphatic carbocycles. The van der Waals surface area contributed by atoms with Crippen molar-refractivity contribution in [2.75, 3.05) is 27.4 Å². The third kappa shape index (κ3) is 2.12. The van der Waals surface area contributed by atoms with Crippen molar-refractivity contribution in [3.8, 4) is 0 Å². The van der Waals surface area contributed by atoms with Crippen LogP contribution < -0.4 is 0 Å². The van der Waals surface area contributed by atoms with Crippen molar-refractivity contribution < 1.29 is 4.79 Å². The summed E-state index contributed by atoms with van der Waals surface area (Å²) in [5.74, 6) is 0. The zero-order chi connectivity index (χ0) is 10.2. The Morgan fingerprint density at radius 3 is 1.77 bits per heavy atom. The molecule has 0 aromatic rings. The van der Waals surface area contributed by atoms with Crippen molar-refractivity contribution >= 4 is 6.03 Å². The summed E-state index contributed by atoms with van der Waals surface area (Å²) in [4.78, 5) is 17.1. The van der Waals surface area contributed by atoms with Gasteiger partial charge in [0.15, 0.2) is 0 Å². The largest absolute Gasteiger partial charge is 0.321 e. The zero-order valence-corrected chi connectivity index (χ0v) is 9.16. The van der Waals surface area contributed by atoms with Crippen LogP contribution in [-0.4, -0.2) is 53.7 Å². The number of urea groups is 1. The van der Waals surface area contributed by atoms with Gasteiger partial charge in [0.05, 0.1) is 13.3 Å². The lowest BCUT2D eigenvalue weighted by Crippen LogP contribution is -2.60. The summed E-state index contributed by atoms with van der Waals surface area (Å²) in [6, 6.07) is 0.0977. The van der Waals surface area contributed by atoms with Gasteiger partial charge >= 0.3 is 6.03 Å². The van der Waals surface area contributed by atoms with Crippen molar-refractivity contribution in [3.63, 3.8) is 0 Å². The van der Waals surface area contributed by atoms with Gasteiger partial charge in [-0.3, -0.25) is 4.90 Å². The number of amides is 2. The standard InChI is InChI=1S/C9H19N3O/c1-9(2,3)12-6-10(4)8(13)11(5)7-12/h6-7H2,1-5H3. The molecule has 13 heavy (non-hydrogen) atoms. The average Bonchev–Trinajstić information content (AvgIpc) is 1.97. The quantitative estimate of drug-likeness (QED) is 0.563. The molecule has 76 valence electrons. The summed E-state index contributed by atoms with van der Waals surface area (Å²) >= 11 is 0. The van der Waals surface area contributed by atoms with Crippen LogP contribution in [0.3, 0.4) is 0 Å². The normalized spacial score (nSPS) is 21.2. The molecule has 0 saturated carbocycles. The minimum absolute atomic E-state index is 0.0977. The van der Waals surface area contributed by atoms with Crippen LogP contribution in [0.25, 0.3) is 0 Å². The van der Waals surface area contributed by atoms with Gasteiger partial charge in [-0.05, 0) is 20.8 Å². The van der Waals surface area contributed by atoms with E-state index in [2.05, 4.69) is 25.7 Å². The van der Waals surface area contributed by atoms with E-state index >= 15 is 0 Å². The van der Waals surface area contributed by atoms with Crippen molar-refractivity contribution in [1.82, 2.24) is 14.7 Å². The SMILES string of the molecule is CN1CN(C(C)(C)C)CN(C)C1=O. The van der Waals surface area contributed by atoms with Crippen molar-refractivity contribution in [2.24, 2.45) is 0 Å². The molecule has 1 saturated heterocycles. The van der Waals surface area contributed by atoms with Crippen LogP contribution >= 0.6 is 0 Å². The first kappa shape index (κ1) is 10.3. The molecule has 1 rings (SSSR count). The maximum Gasteiger partial charge on any atom is 0.321 e. The van der Waals surface area contributed by atoms with E-state index < -0.39 is 0 Å². The van der Waals surface area contributed by atoms with Gasteiger partial charge in [-0.1, -0.05) is 0 Å². The summed E-state index contributed by atoms with van der Waals surface area (Å²) in [5, 5.41) is 0. The van der Waals surface area contributed by atoms with Crippen LogP contribution in [0.4, 0.5) is 4.79 Å². The van der Waals surface area contributed by atoms with Gasteiger partial charge in [-0.25, -0.2) is 4.79 Å². The number of rotatable bonds is 0. The lowest BCUT2D eigenvalue weighted by atomic mass is 10.1. The predicted octanol–water partition coefficient (Wildman–Crippen LogP) is 0.999.